The lowest BCUT2D eigenvalue weighted by atomic mass is 10.1. The summed E-state index contributed by atoms with van der Waals surface area (Å²) in [7, 11) is 0. The first kappa shape index (κ1) is 14.3. The van der Waals surface area contributed by atoms with Crippen LogP contribution in [0.5, 0.6) is 0 Å². The van der Waals surface area contributed by atoms with Crippen molar-refractivity contribution in [3.05, 3.63) is 59.2 Å². The Hall–Kier alpha value is -2.12. The Kier molecular flexibility index (Phi) is 4.54. The Labute approximate surface area is 118 Å². The smallest absolute Gasteiger partial charge is 0.123 e. The number of nitriles is 1. The SMILES string of the molecule is CC(C)NCc1ccn(Cc2cc(F)ccc2C#N)c1. The number of halogens is 1. The van der Waals surface area contributed by atoms with Gasteiger partial charge in [-0.15, -0.1) is 0 Å². The van der Waals surface area contributed by atoms with Crippen LogP contribution in [-0.4, -0.2) is 10.6 Å². The van der Waals surface area contributed by atoms with Gasteiger partial charge in [-0.3, -0.25) is 0 Å². The molecule has 1 heterocycles. The number of nitrogens with one attached hydrogen (secondary N) is 1. The van der Waals surface area contributed by atoms with E-state index in [-0.39, 0.29) is 5.82 Å². The molecular weight excluding hydrogens is 253 g/mol. The normalized spacial score (nSPS) is 10.8. The largest absolute Gasteiger partial charge is 0.350 e. The zero-order valence-corrected chi connectivity index (χ0v) is 11.7. The van der Waals surface area contributed by atoms with E-state index in [0.717, 1.165) is 6.54 Å². The number of hydrogen-bond acceptors (Lipinski definition) is 2. The summed E-state index contributed by atoms with van der Waals surface area (Å²) in [4.78, 5) is 0. The molecule has 0 radical (unpaired) electrons. The van der Waals surface area contributed by atoms with Gasteiger partial charge in [-0.1, -0.05) is 13.8 Å². The highest BCUT2D eigenvalue weighted by Gasteiger charge is 2.05. The maximum atomic E-state index is 13.3. The van der Waals surface area contributed by atoms with Crippen LogP contribution in [0.1, 0.15) is 30.5 Å². The minimum atomic E-state index is -0.312. The van der Waals surface area contributed by atoms with Gasteiger partial charge in [0.15, 0.2) is 0 Å². The number of benzene rings is 1. The van der Waals surface area contributed by atoms with E-state index in [1.54, 1.807) is 0 Å². The first-order chi connectivity index (χ1) is 9.58. The summed E-state index contributed by atoms with van der Waals surface area (Å²) in [5.41, 5.74) is 2.39. The highest BCUT2D eigenvalue weighted by atomic mass is 19.1. The molecule has 3 nitrogen and oxygen atoms in total. The van der Waals surface area contributed by atoms with E-state index >= 15 is 0 Å². The Morgan fingerprint density at radius 2 is 2.15 bits per heavy atom. The van der Waals surface area contributed by atoms with Gasteiger partial charge in [0.2, 0.25) is 0 Å². The van der Waals surface area contributed by atoms with E-state index in [9.17, 15) is 4.39 Å². The zero-order valence-electron chi connectivity index (χ0n) is 11.7. The van der Waals surface area contributed by atoms with E-state index in [0.29, 0.717) is 23.7 Å². The molecular formula is C16H18FN3. The lowest BCUT2D eigenvalue weighted by Gasteiger charge is -2.07. The molecule has 0 aliphatic heterocycles. The second-order valence-corrected chi connectivity index (χ2v) is 5.14. The van der Waals surface area contributed by atoms with Crippen molar-refractivity contribution in [1.82, 2.24) is 9.88 Å². The van der Waals surface area contributed by atoms with Crippen molar-refractivity contribution in [1.29, 1.82) is 5.26 Å². The predicted molar refractivity (Wildman–Crippen MR) is 76.6 cm³/mol. The Morgan fingerprint density at radius 1 is 1.35 bits per heavy atom. The van der Waals surface area contributed by atoms with Crippen LogP contribution < -0.4 is 5.32 Å². The summed E-state index contributed by atoms with van der Waals surface area (Å²) in [6, 6.07) is 8.82. The summed E-state index contributed by atoms with van der Waals surface area (Å²) in [5, 5.41) is 12.4. The summed E-state index contributed by atoms with van der Waals surface area (Å²) in [6.07, 6.45) is 3.96. The van der Waals surface area contributed by atoms with Gasteiger partial charge in [0.1, 0.15) is 5.82 Å². The molecule has 0 unspecified atom stereocenters. The summed E-state index contributed by atoms with van der Waals surface area (Å²) < 4.78 is 15.2. The summed E-state index contributed by atoms with van der Waals surface area (Å²) >= 11 is 0. The van der Waals surface area contributed by atoms with Crippen LogP contribution in [0, 0.1) is 17.1 Å². The molecule has 0 saturated heterocycles. The van der Waals surface area contributed by atoms with Gasteiger partial charge >= 0.3 is 0 Å². The molecule has 0 bridgehead atoms. The summed E-state index contributed by atoms with van der Waals surface area (Å²) in [5.74, 6) is -0.312. The van der Waals surface area contributed by atoms with E-state index < -0.39 is 0 Å². The quantitative estimate of drug-likeness (QED) is 0.908. The van der Waals surface area contributed by atoms with Crippen LogP contribution in [0.3, 0.4) is 0 Å². The van der Waals surface area contributed by atoms with Gasteiger partial charge < -0.3 is 9.88 Å². The molecule has 4 heteroatoms. The van der Waals surface area contributed by atoms with E-state index in [1.807, 2.05) is 23.0 Å². The predicted octanol–water partition coefficient (Wildman–Crippen LogP) is 3.05. The maximum absolute atomic E-state index is 13.3. The number of hydrogen-bond donors (Lipinski definition) is 1. The first-order valence-electron chi connectivity index (χ1n) is 6.65. The third kappa shape index (κ3) is 3.69. The topological polar surface area (TPSA) is 40.8 Å². The second-order valence-electron chi connectivity index (χ2n) is 5.14. The van der Waals surface area contributed by atoms with Crippen LogP contribution in [0.2, 0.25) is 0 Å². The maximum Gasteiger partial charge on any atom is 0.123 e. The van der Waals surface area contributed by atoms with Crippen molar-refractivity contribution in [3.63, 3.8) is 0 Å². The lowest BCUT2D eigenvalue weighted by molar-refractivity contribution is 0.588. The van der Waals surface area contributed by atoms with Gasteiger partial charge in [-0.25, -0.2) is 4.39 Å². The Morgan fingerprint density at radius 3 is 2.85 bits per heavy atom. The molecule has 104 valence electrons. The van der Waals surface area contributed by atoms with Crippen molar-refractivity contribution in [3.8, 4) is 6.07 Å². The molecule has 0 amide bonds. The molecule has 0 aliphatic rings. The van der Waals surface area contributed by atoms with E-state index in [1.165, 1.54) is 23.8 Å². The molecule has 1 N–H and O–H groups in total. The number of nitrogens with zero attached hydrogens (tertiary/aromatic N) is 2. The minimum Gasteiger partial charge on any atom is -0.350 e. The summed E-state index contributed by atoms with van der Waals surface area (Å²) in [6.45, 7) is 5.51. The fourth-order valence-electron chi connectivity index (χ4n) is 2.01. The van der Waals surface area contributed by atoms with Crippen LogP contribution >= 0.6 is 0 Å². The van der Waals surface area contributed by atoms with Gasteiger partial charge in [-0.05, 0) is 35.4 Å². The van der Waals surface area contributed by atoms with Crippen molar-refractivity contribution in [2.24, 2.45) is 0 Å². The van der Waals surface area contributed by atoms with Crippen LogP contribution in [0.15, 0.2) is 36.7 Å². The van der Waals surface area contributed by atoms with Crippen molar-refractivity contribution < 1.29 is 4.39 Å². The standard InChI is InChI=1S/C16H18FN3/c1-12(2)19-9-13-5-6-20(10-13)11-15-7-16(17)4-3-14(15)8-18/h3-7,10,12,19H,9,11H2,1-2H3. The third-order valence-corrected chi connectivity index (χ3v) is 3.07. The second kappa shape index (κ2) is 6.36. The van der Waals surface area contributed by atoms with Crippen molar-refractivity contribution >= 4 is 0 Å². The highest BCUT2D eigenvalue weighted by Crippen LogP contribution is 2.13. The molecule has 0 atom stereocenters. The fraction of sp³-hybridized carbons (Fsp3) is 0.312. The van der Waals surface area contributed by atoms with Crippen LogP contribution in [-0.2, 0) is 13.1 Å². The van der Waals surface area contributed by atoms with Gasteiger partial charge in [0.05, 0.1) is 11.6 Å². The molecule has 2 aromatic rings. The fourth-order valence-corrected chi connectivity index (χ4v) is 2.01. The van der Waals surface area contributed by atoms with E-state index in [2.05, 4.69) is 25.2 Å². The monoisotopic (exact) mass is 271 g/mol. The Balaban J connectivity index is 2.11. The van der Waals surface area contributed by atoms with Crippen LogP contribution in [0.25, 0.3) is 0 Å². The average Bonchev–Trinajstić information content (AvgIpc) is 2.84. The molecule has 0 spiro atoms. The number of rotatable bonds is 5. The lowest BCUT2D eigenvalue weighted by Crippen LogP contribution is -2.21. The highest BCUT2D eigenvalue weighted by molar-refractivity contribution is 5.38. The molecule has 2 rings (SSSR count). The van der Waals surface area contributed by atoms with Gasteiger partial charge in [-0.2, -0.15) is 5.26 Å². The van der Waals surface area contributed by atoms with Gasteiger partial charge in [0.25, 0.3) is 0 Å². The average molecular weight is 271 g/mol. The van der Waals surface area contributed by atoms with Crippen molar-refractivity contribution in [2.45, 2.75) is 33.0 Å². The molecule has 0 aliphatic carbocycles. The zero-order chi connectivity index (χ0) is 14.5. The van der Waals surface area contributed by atoms with Gasteiger partial charge in [0, 0.05) is 31.5 Å². The number of aromatic nitrogens is 1. The molecule has 1 aromatic carbocycles. The minimum absolute atomic E-state index is 0.312. The van der Waals surface area contributed by atoms with E-state index in [4.69, 9.17) is 5.26 Å². The Bertz CT molecular complexity index is 623. The van der Waals surface area contributed by atoms with Crippen molar-refractivity contribution in [2.75, 3.05) is 0 Å². The molecule has 0 saturated carbocycles. The van der Waals surface area contributed by atoms with Crippen LogP contribution in [0.4, 0.5) is 4.39 Å². The molecule has 1 aromatic heterocycles. The first-order valence-corrected chi connectivity index (χ1v) is 6.65. The molecule has 20 heavy (non-hydrogen) atoms. The molecule has 0 fully saturated rings. The third-order valence-electron chi connectivity index (χ3n) is 3.07.